The number of hydrogen-bond donors (Lipinski definition) is 1. The molecule has 1 aliphatic heterocycles. The van der Waals surface area contributed by atoms with Gasteiger partial charge < -0.3 is 14.6 Å². The van der Waals surface area contributed by atoms with Gasteiger partial charge in [-0.2, -0.15) is 0 Å². The van der Waals surface area contributed by atoms with Gasteiger partial charge in [0.15, 0.2) is 0 Å². The molecule has 2 rings (SSSR count). The molecular formula is C15H22O3. The lowest BCUT2D eigenvalue weighted by molar-refractivity contribution is 0.0801. The van der Waals surface area contributed by atoms with Crippen molar-refractivity contribution < 1.29 is 14.6 Å². The summed E-state index contributed by atoms with van der Waals surface area (Å²) in [5.41, 5.74) is 0.913. The van der Waals surface area contributed by atoms with E-state index >= 15 is 0 Å². The molecule has 0 aromatic heterocycles. The van der Waals surface area contributed by atoms with Gasteiger partial charge >= 0.3 is 0 Å². The van der Waals surface area contributed by atoms with E-state index in [0.29, 0.717) is 6.61 Å². The lowest BCUT2D eigenvalue weighted by Gasteiger charge is -2.18. The maximum Gasteiger partial charge on any atom is 0.120 e. The molecule has 1 aromatic rings. The molecule has 1 aromatic carbocycles. The van der Waals surface area contributed by atoms with E-state index in [-0.39, 0.29) is 18.1 Å². The first kappa shape index (κ1) is 13.4. The highest BCUT2D eigenvalue weighted by Crippen LogP contribution is 2.32. The third-order valence-corrected chi connectivity index (χ3v) is 3.25. The van der Waals surface area contributed by atoms with E-state index in [2.05, 4.69) is 0 Å². The van der Waals surface area contributed by atoms with Gasteiger partial charge in [-0.25, -0.2) is 0 Å². The summed E-state index contributed by atoms with van der Waals surface area (Å²) >= 11 is 0. The molecule has 3 heteroatoms. The minimum Gasteiger partial charge on any atom is -0.491 e. The first-order valence-electron chi connectivity index (χ1n) is 6.62. The third-order valence-electron chi connectivity index (χ3n) is 3.25. The molecule has 0 radical (unpaired) electrons. The first-order valence-corrected chi connectivity index (χ1v) is 6.62. The number of ether oxygens (including phenoxy) is 2. The Bertz CT molecular complexity index is 389. The summed E-state index contributed by atoms with van der Waals surface area (Å²) in [7, 11) is 0. The Kier molecular flexibility index (Phi) is 4.25. The molecule has 3 nitrogen and oxygen atoms in total. The molecule has 18 heavy (non-hydrogen) atoms. The molecule has 3 unspecified atom stereocenters. The summed E-state index contributed by atoms with van der Waals surface area (Å²) < 4.78 is 11.2. The van der Waals surface area contributed by atoms with Crippen molar-refractivity contribution in [3.8, 4) is 5.75 Å². The Morgan fingerprint density at radius 1 is 1.39 bits per heavy atom. The summed E-state index contributed by atoms with van der Waals surface area (Å²) in [4.78, 5) is 0. The van der Waals surface area contributed by atoms with Crippen molar-refractivity contribution in [2.24, 2.45) is 5.92 Å². The van der Waals surface area contributed by atoms with Crippen LogP contribution in [0.2, 0.25) is 0 Å². The molecule has 1 heterocycles. The zero-order valence-corrected chi connectivity index (χ0v) is 11.3. The first-order chi connectivity index (χ1) is 8.56. The molecule has 0 spiro atoms. The standard InChI is InChI=1S/C15H22O3/c1-10(2)18-14-6-4-5-12(8-14)15(16)13-7-11(3)17-9-13/h4-6,8,10-11,13,15-16H,7,9H2,1-3H3. The van der Waals surface area contributed by atoms with Crippen molar-refractivity contribution in [1.82, 2.24) is 0 Å². The lowest BCUT2D eigenvalue weighted by Crippen LogP contribution is -2.13. The van der Waals surface area contributed by atoms with E-state index in [9.17, 15) is 5.11 Å². The summed E-state index contributed by atoms with van der Waals surface area (Å²) in [6.07, 6.45) is 0.841. The highest BCUT2D eigenvalue weighted by molar-refractivity contribution is 5.30. The number of benzene rings is 1. The van der Waals surface area contributed by atoms with Crippen molar-refractivity contribution in [1.29, 1.82) is 0 Å². The van der Waals surface area contributed by atoms with Crippen LogP contribution in [0.15, 0.2) is 24.3 Å². The van der Waals surface area contributed by atoms with Crippen LogP contribution < -0.4 is 4.74 Å². The largest absolute Gasteiger partial charge is 0.491 e. The van der Waals surface area contributed by atoms with E-state index in [1.165, 1.54) is 0 Å². The van der Waals surface area contributed by atoms with Crippen LogP contribution in [0.5, 0.6) is 5.75 Å². The average molecular weight is 250 g/mol. The molecule has 3 atom stereocenters. The van der Waals surface area contributed by atoms with Gasteiger partial charge in [-0.1, -0.05) is 12.1 Å². The van der Waals surface area contributed by atoms with Gasteiger partial charge in [0.25, 0.3) is 0 Å². The fourth-order valence-electron chi connectivity index (χ4n) is 2.39. The van der Waals surface area contributed by atoms with Crippen LogP contribution in [0, 0.1) is 5.92 Å². The maximum atomic E-state index is 10.4. The van der Waals surface area contributed by atoms with Gasteiger partial charge in [-0.05, 0) is 44.9 Å². The van der Waals surface area contributed by atoms with Crippen LogP contribution in [0.4, 0.5) is 0 Å². The second-order valence-corrected chi connectivity index (χ2v) is 5.32. The van der Waals surface area contributed by atoms with Crippen molar-refractivity contribution in [2.75, 3.05) is 6.61 Å². The Morgan fingerprint density at radius 3 is 2.78 bits per heavy atom. The summed E-state index contributed by atoms with van der Waals surface area (Å²) in [6.45, 7) is 6.67. The van der Waals surface area contributed by atoms with E-state index in [0.717, 1.165) is 17.7 Å². The number of aliphatic hydroxyl groups is 1. The molecule has 1 saturated heterocycles. The Balaban J connectivity index is 2.07. The summed E-state index contributed by atoms with van der Waals surface area (Å²) in [5.74, 6) is 1.00. The van der Waals surface area contributed by atoms with E-state index in [1.807, 2.05) is 45.0 Å². The highest BCUT2D eigenvalue weighted by Gasteiger charge is 2.29. The summed E-state index contributed by atoms with van der Waals surface area (Å²) in [5, 5.41) is 10.4. The van der Waals surface area contributed by atoms with Gasteiger partial charge in [0.2, 0.25) is 0 Å². The van der Waals surface area contributed by atoms with Crippen molar-refractivity contribution in [2.45, 2.75) is 45.5 Å². The van der Waals surface area contributed by atoms with Crippen LogP contribution >= 0.6 is 0 Å². The monoisotopic (exact) mass is 250 g/mol. The fraction of sp³-hybridized carbons (Fsp3) is 0.600. The molecule has 1 fully saturated rings. The molecule has 1 aliphatic rings. The van der Waals surface area contributed by atoms with Crippen LogP contribution in [0.1, 0.15) is 38.9 Å². The average Bonchev–Trinajstić information content (AvgIpc) is 2.74. The van der Waals surface area contributed by atoms with E-state index < -0.39 is 6.10 Å². The molecule has 0 aliphatic carbocycles. The summed E-state index contributed by atoms with van der Waals surface area (Å²) in [6, 6.07) is 7.72. The van der Waals surface area contributed by atoms with Crippen LogP contribution in [0.25, 0.3) is 0 Å². The SMILES string of the molecule is CC(C)Oc1cccc(C(O)C2COC(C)C2)c1. The smallest absolute Gasteiger partial charge is 0.120 e. The second-order valence-electron chi connectivity index (χ2n) is 5.32. The Labute approximate surface area is 109 Å². The molecule has 100 valence electrons. The molecule has 0 bridgehead atoms. The van der Waals surface area contributed by atoms with Crippen molar-refractivity contribution >= 4 is 0 Å². The van der Waals surface area contributed by atoms with Crippen LogP contribution in [0.3, 0.4) is 0 Å². The molecule has 0 amide bonds. The van der Waals surface area contributed by atoms with E-state index in [4.69, 9.17) is 9.47 Å². The predicted molar refractivity (Wildman–Crippen MR) is 70.7 cm³/mol. The van der Waals surface area contributed by atoms with Gasteiger partial charge in [-0.3, -0.25) is 0 Å². The van der Waals surface area contributed by atoms with Gasteiger partial charge in [0.05, 0.1) is 24.9 Å². The number of aliphatic hydroxyl groups excluding tert-OH is 1. The zero-order valence-electron chi connectivity index (χ0n) is 11.3. The quantitative estimate of drug-likeness (QED) is 0.893. The normalized spacial score (nSPS) is 25.4. The Morgan fingerprint density at radius 2 is 2.17 bits per heavy atom. The second kappa shape index (κ2) is 5.72. The van der Waals surface area contributed by atoms with Gasteiger partial charge in [-0.15, -0.1) is 0 Å². The minimum absolute atomic E-state index is 0.146. The van der Waals surface area contributed by atoms with E-state index in [1.54, 1.807) is 0 Å². The minimum atomic E-state index is -0.467. The van der Waals surface area contributed by atoms with Crippen molar-refractivity contribution in [3.63, 3.8) is 0 Å². The van der Waals surface area contributed by atoms with Gasteiger partial charge in [0, 0.05) is 5.92 Å². The third kappa shape index (κ3) is 3.24. The van der Waals surface area contributed by atoms with Crippen molar-refractivity contribution in [3.05, 3.63) is 29.8 Å². The van der Waals surface area contributed by atoms with Crippen LogP contribution in [-0.4, -0.2) is 23.9 Å². The van der Waals surface area contributed by atoms with Crippen LogP contribution in [-0.2, 0) is 4.74 Å². The lowest BCUT2D eigenvalue weighted by atomic mass is 9.93. The van der Waals surface area contributed by atoms with Gasteiger partial charge in [0.1, 0.15) is 5.75 Å². The Hall–Kier alpha value is -1.06. The molecule has 0 saturated carbocycles. The number of hydrogen-bond acceptors (Lipinski definition) is 3. The maximum absolute atomic E-state index is 10.4. The zero-order chi connectivity index (χ0) is 13.1. The highest BCUT2D eigenvalue weighted by atomic mass is 16.5. The topological polar surface area (TPSA) is 38.7 Å². The number of rotatable bonds is 4. The predicted octanol–water partition coefficient (Wildman–Crippen LogP) is 2.93. The fourth-order valence-corrected chi connectivity index (χ4v) is 2.39. The molecular weight excluding hydrogens is 228 g/mol. The molecule has 1 N–H and O–H groups in total.